The molecule has 0 aliphatic rings. The fraction of sp³-hybridized carbons (Fsp3) is 0.158. The van der Waals surface area contributed by atoms with Crippen molar-refractivity contribution >= 4 is 35.5 Å². The summed E-state index contributed by atoms with van der Waals surface area (Å²) in [7, 11) is 1.86. The van der Waals surface area contributed by atoms with Gasteiger partial charge in [0, 0.05) is 17.6 Å². The summed E-state index contributed by atoms with van der Waals surface area (Å²) < 4.78 is 1.84. The van der Waals surface area contributed by atoms with Crippen LogP contribution in [0.3, 0.4) is 0 Å². The van der Waals surface area contributed by atoms with E-state index in [2.05, 4.69) is 20.7 Å². The zero-order chi connectivity index (χ0) is 19.2. The Morgan fingerprint density at radius 2 is 1.89 bits per heavy atom. The van der Waals surface area contributed by atoms with E-state index in [0.717, 1.165) is 11.1 Å². The van der Waals surface area contributed by atoms with Crippen molar-refractivity contribution in [3.63, 3.8) is 0 Å². The van der Waals surface area contributed by atoms with Gasteiger partial charge in [0.05, 0.1) is 12.0 Å². The molecule has 1 amide bonds. The van der Waals surface area contributed by atoms with Crippen molar-refractivity contribution in [1.29, 1.82) is 0 Å². The Balaban J connectivity index is 1.54. The second kappa shape index (κ2) is 8.83. The molecule has 0 aliphatic heterocycles. The molecule has 0 saturated carbocycles. The van der Waals surface area contributed by atoms with Crippen LogP contribution in [0.1, 0.15) is 11.1 Å². The maximum atomic E-state index is 12.0. The molecule has 27 heavy (non-hydrogen) atoms. The summed E-state index contributed by atoms with van der Waals surface area (Å²) in [6.45, 7) is 2.02. The number of halogens is 1. The van der Waals surface area contributed by atoms with Gasteiger partial charge in [-0.05, 0) is 36.8 Å². The number of hydrogen-bond acceptors (Lipinski definition) is 5. The molecular formula is C19H18ClN5OS. The normalized spacial score (nSPS) is 11.1. The molecule has 1 aromatic heterocycles. The van der Waals surface area contributed by atoms with E-state index in [9.17, 15) is 4.79 Å². The van der Waals surface area contributed by atoms with Crippen LogP contribution in [0.15, 0.2) is 58.8 Å². The number of nitrogens with one attached hydrogen (secondary N) is 1. The van der Waals surface area contributed by atoms with Crippen molar-refractivity contribution in [3.8, 4) is 11.4 Å². The zero-order valence-corrected chi connectivity index (χ0v) is 16.5. The predicted molar refractivity (Wildman–Crippen MR) is 109 cm³/mol. The summed E-state index contributed by atoms with van der Waals surface area (Å²) in [6.07, 6.45) is 1.61. The van der Waals surface area contributed by atoms with Gasteiger partial charge in [-0.3, -0.25) is 4.79 Å². The third kappa shape index (κ3) is 5.18. The first-order valence-corrected chi connectivity index (χ1v) is 9.56. The maximum Gasteiger partial charge on any atom is 0.250 e. The van der Waals surface area contributed by atoms with E-state index >= 15 is 0 Å². The molecule has 3 rings (SSSR count). The van der Waals surface area contributed by atoms with Gasteiger partial charge in [-0.25, -0.2) is 5.43 Å². The summed E-state index contributed by atoms with van der Waals surface area (Å²) in [5.41, 5.74) is 5.53. The van der Waals surface area contributed by atoms with Gasteiger partial charge < -0.3 is 4.57 Å². The zero-order valence-electron chi connectivity index (χ0n) is 14.9. The molecule has 3 aromatic rings. The van der Waals surface area contributed by atoms with Crippen molar-refractivity contribution in [2.75, 3.05) is 5.75 Å². The number of rotatable bonds is 6. The van der Waals surface area contributed by atoms with Crippen LogP contribution in [0.5, 0.6) is 0 Å². The second-order valence-corrected chi connectivity index (χ2v) is 7.24. The second-order valence-electron chi connectivity index (χ2n) is 5.86. The Kier molecular flexibility index (Phi) is 6.26. The van der Waals surface area contributed by atoms with Gasteiger partial charge in [0.15, 0.2) is 11.0 Å². The number of hydrogen-bond donors (Lipinski definition) is 1. The lowest BCUT2D eigenvalue weighted by molar-refractivity contribution is -0.118. The summed E-state index contributed by atoms with van der Waals surface area (Å²) >= 11 is 7.21. The molecule has 0 bridgehead atoms. The highest BCUT2D eigenvalue weighted by atomic mass is 35.5. The fourth-order valence-electron chi connectivity index (χ4n) is 2.28. The van der Waals surface area contributed by atoms with E-state index in [1.165, 1.54) is 17.3 Å². The maximum absolute atomic E-state index is 12.0. The molecule has 8 heteroatoms. The average Bonchev–Trinajstić information content (AvgIpc) is 3.03. The van der Waals surface area contributed by atoms with Crippen LogP contribution in [-0.4, -0.2) is 32.6 Å². The minimum Gasteiger partial charge on any atom is -0.305 e. The molecule has 1 N–H and O–H groups in total. The number of benzene rings is 2. The number of carbonyl (C=O) groups is 1. The lowest BCUT2D eigenvalue weighted by Crippen LogP contribution is -2.19. The van der Waals surface area contributed by atoms with Gasteiger partial charge in [-0.2, -0.15) is 5.10 Å². The van der Waals surface area contributed by atoms with E-state index < -0.39 is 0 Å². The smallest absolute Gasteiger partial charge is 0.250 e. The van der Waals surface area contributed by atoms with Crippen LogP contribution >= 0.6 is 23.4 Å². The van der Waals surface area contributed by atoms with E-state index in [1.54, 1.807) is 18.3 Å². The van der Waals surface area contributed by atoms with Crippen LogP contribution in [0.25, 0.3) is 11.4 Å². The fourth-order valence-corrected chi connectivity index (χ4v) is 3.11. The van der Waals surface area contributed by atoms with E-state index in [-0.39, 0.29) is 11.7 Å². The summed E-state index contributed by atoms with van der Waals surface area (Å²) in [4.78, 5) is 12.0. The molecule has 0 spiro atoms. The van der Waals surface area contributed by atoms with Crippen LogP contribution in [0, 0.1) is 6.92 Å². The highest BCUT2D eigenvalue weighted by molar-refractivity contribution is 7.99. The molecular weight excluding hydrogens is 382 g/mol. The van der Waals surface area contributed by atoms with E-state index in [4.69, 9.17) is 11.6 Å². The van der Waals surface area contributed by atoms with Crippen molar-refractivity contribution < 1.29 is 4.79 Å². The largest absolute Gasteiger partial charge is 0.305 e. The number of aryl methyl sites for hydroxylation is 1. The summed E-state index contributed by atoms with van der Waals surface area (Å²) in [5, 5.41) is 13.6. The molecule has 0 aliphatic carbocycles. The first-order chi connectivity index (χ1) is 13.0. The van der Waals surface area contributed by atoms with Gasteiger partial charge in [-0.1, -0.05) is 53.2 Å². The van der Waals surface area contributed by atoms with Crippen molar-refractivity contribution in [2.24, 2.45) is 12.1 Å². The SMILES string of the molecule is Cc1ccc(C=NNC(=O)CSc2nnc(-c3ccc(Cl)cc3)n2C)cc1. The monoisotopic (exact) mass is 399 g/mol. The van der Waals surface area contributed by atoms with Gasteiger partial charge >= 0.3 is 0 Å². The first-order valence-electron chi connectivity index (χ1n) is 8.19. The quantitative estimate of drug-likeness (QED) is 0.390. The first kappa shape index (κ1) is 19.1. The van der Waals surface area contributed by atoms with Crippen LogP contribution in [-0.2, 0) is 11.8 Å². The minimum atomic E-state index is -0.209. The number of carbonyl (C=O) groups excluding carboxylic acids is 1. The predicted octanol–water partition coefficient (Wildman–Crippen LogP) is 3.69. The Labute approximate surface area is 166 Å². The van der Waals surface area contributed by atoms with Crippen LogP contribution in [0.4, 0.5) is 0 Å². The lowest BCUT2D eigenvalue weighted by Gasteiger charge is -2.04. The minimum absolute atomic E-state index is 0.192. The lowest BCUT2D eigenvalue weighted by atomic mass is 10.2. The Morgan fingerprint density at radius 3 is 2.59 bits per heavy atom. The highest BCUT2D eigenvalue weighted by Gasteiger charge is 2.12. The Morgan fingerprint density at radius 1 is 1.19 bits per heavy atom. The van der Waals surface area contributed by atoms with Gasteiger partial charge in [-0.15, -0.1) is 10.2 Å². The molecule has 0 atom stereocenters. The Hall–Kier alpha value is -2.64. The number of hydrazone groups is 1. The van der Waals surface area contributed by atoms with E-state index in [1.807, 2.05) is 54.9 Å². The Bertz CT molecular complexity index is 951. The highest BCUT2D eigenvalue weighted by Crippen LogP contribution is 2.23. The molecule has 6 nitrogen and oxygen atoms in total. The summed E-state index contributed by atoms with van der Waals surface area (Å²) in [5.74, 6) is 0.698. The molecule has 0 fully saturated rings. The molecule has 2 aromatic carbocycles. The van der Waals surface area contributed by atoms with Crippen molar-refractivity contribution in [1.82, 2.24) is 20.2 Å². The van der Waals surface area contributed by atoms with Gasteiger partial charge in [0.25, 0.3) is 5.91 Å². The molecule has 0 radical (unpaired) electrons. The topological polar surface area (TPSA) is 72.2 Å². The van der Waals surface area contributed by atoms with Crippen molar-refractivity contribution in [3.05, 3.63) is 64.7 Å². The van der Waals surface area contributed by atoms with Gasteiger partial charge in [0.1, 0.15) is 0 Å². The van der Waals surface area contributed by atoms with Gasteiger partial charge in [0.2, 0.25) is 0 Å². The average molecular weight is 400 g/mol. The van der Waals surface area contributed by atoms with Crippen LogP contribution in [0.2, 0.25) is 5.02 Å². The molecule has 138 valence electrons. The number of amides is 1. The number of nitrogens with zero attached hydrogens (tertiary/aromatic N) is 4. The third-order valence-electron chi connectivity index (χ3n) is 3.75. The van der Waals surface area contributed by atoms with Crippen LogP contribution < -0.4 is 5.43 Å². The third-order valence-corrected chi connectivity index (χ3v) is 5.02. The molecule has 1 heterocycles. The molecule has 0 saturated heterocycles. The molecule has 0 unspecified atom stereocenters. The number of aromatic nitrogens is 3. The van der Waals surface area contributed by atoms with Crippen molar-refractivity contribution in [2.45, 2.75) is 12.1 Å². The summed E-state index contributed by atoms with van der Waals surface area (Å²) in [6, 6.07) is 15.2. The standard InChI is InChI=1S/C19H18ClN5OS/c1-13-3-5-14(6-4-13)11-21-22-17(26)12-27-19-24-23-18(25(19)2)15-7-9-16(20)10-8-15/h3-11H,12H2,1-2H3,(H,22,26). The van der Waals surface area contributed by atoms with E-state index in [0.29, 0.717) is 16.0 Å². The number of thioether (sulfide) groups is 1.